The van der Waals surface area contributed by atoms with E-state index in [4.69, 9.17) is 5.11 Å². The second-order valence-corrected chi connectivity index (χ2v) is 4.72. The smallest absolute Gasteiger partial charge is 0.329 e. The lowest BCUT2D eigenvalue weighted by Crippen LogP contribution is -2.55. The maximum Gasteiger partial charge on any atom is 0.329 e. The van der Waals surface area contributed by atoms with Crippen LogP contribution in [-0.2, 0) is 9.59 Å². The van der Waals surface area contributed by atoms with Gasteiger partial charge in [-0.15, -0.1) is 0 Å². The van der Waals surface area contributed by atoms with Crippen molar-refractivity contribution in [2.75, 3.05) is 13.1 Å². The Bertz CT molecular complexity index is 283. The standard InChI is InChI=1S/C12H22N2O3/c1-3-12(4-2,11(16)17)14-10(15)8-13-7-9-5-6-9/h9,13H,3-8H2,1-2H3,(H,14,15)(H,16,17). The number of carboxylic acid groups (broad SMARTS) is 1. The van der Waals surface area contributed by atoms with Gasteiger partial charge in [-0.05, 0) is 38.1 Å². The van der Waals surface area contributed by atoms with Crippen LogP contribution in [-0.4, -0.2) is 35.6 Å². The second-order valence-electron chi connectivity index (χ2n) is 4.72. The van der Waals surface area contributed by atoms with Crippen molar-refractivity contribution in [3.63, 3.8) is 0 Å². The molecule has 1 aliphatic rings. The third-order valence-electron chi connectivity index (χ3n) is 3.41. The van der Waals surface area contributed by atoms with E-state index in [2.05, 4.69) is 10.6 Å². The Labute approximate surface area is 102 Å². The van der Waals surface area contributed by atoms with Crippen molar-refractivity contribution in [3.8, 4) is 0 Å². The molecule has 0 aromatic heterocycles. The van der Waals surface area contributed by atoms with Gasteiger partial charge in [-0.25, -0.2) is 4.79 Å². The maximum absolute atomic E-state index is 11.6. The second kappa shape index (κ2) is 6.00. The van der Waals surface area contributed by atoms with Crippen molar-refractivity contribution in [1.82, 2.24) is 10.6 Å². The molecule has 0 aliphatic heterocycles. The van der Waals surface area contributed by atoms with Gasteiger partial charge in [0, 0.05) is 0 Å². The highest BCUT2D eigenvalue weighted by Gasteiger charge is 2.36. The summed E-state index contributed by atoms with van der Waals surface area (Å²) in [4.78, 5) is 22.8. The van der Waals surface area contributed by atoms with Crippen molar-refractivity contribution >= 4 is 11.9 Å². The molecule has 5 nitrogen and oxygen atoms in total. The Balaban J connectivity index is 2.36. The van der Waals surface area contributed by atoms with Gasteiger partial charge in [-0.1, -0.05) is 13.8 Å². The molecule has 1 aliphatic carbocycles. The highest BCUT2D eigenvalue weighted by molar-refractivity contribution is 5.87. The number of aliphatic carboxylic acids is 1. The summed E-state index contributed by atoms with van der Waals surface area (Å²) in [5, 5.41) is 14.8. The molecule has 0 spiro atoms. The lowest BCUT2D eigenvalue weighted by Gasteiger charge is -2.28. The summed E-state index contributed by atoms with van der Waals surface area (Å²) in [7, 11) is 0. The normalized spacial score (nSPS) is 15.6. The maximum atomic E-state index is 11.6. The number of amides is 1. The van der Waals surface area contributed by atoms with Crippen LogP contribution in [0.25, 0.3) is 0 Å². The highest BCUT2D eigenvalue weighted by atomic mass is 16.4. The van der Waals surface area contributed by atoms with Crippen LogP contribution in [0.3, 0.4) is 0 Å². The Morgan fingerprint density at radius 1 is 1.29 bits per heavy atom. The summed E-state index contributed by atoms with van der Waals surface area (Å²) < 4.78 is 0. The van der Waals surface area contributed by atoms with E-state index in [9.17, 15) is 9.59 Å². The summed E-state index contributed by atoms with van der Waals surface area (Å²) >= 11 is 0. The first-order valence-corrected chi connectivity index (χ1v) is 6.29. The number of nitrogens with one attached hydrogen (secondary N) is 2. The molecule has 5 heteroatoms. The third-order valence-corrected chi connectivity index (χ3v) is 3.41. The number of rotatable bonds is 8. The van der Waals surface area contributed by atoms with Crippen LogP contribution in [0.2, 0.25) is 0 Å². The first-order chi connectivity index (χ1) is 8.04. The van der Waals surface area contributed by atoms with E-state index >= 15 is 0 Å². The van der Waals surface area contributed by atoms with E-state index in [1.807, 2.05) is 0 Å². The molecule has 0 saturated heterocycles. The molecule has 1 amide bonds. The predicted molar refractivity (Wildman–Crippen MR) is 64.7 cm³/mol. The number of carbonyl (C=O) groups excluding carboxylic acids is 1. The summed E-state index contributed by atoms with van der Waals surface area (Å²) in [6.45, 7) is 4.60. The van der Waals surface area contributed by atoms with Crippen LogP contribution in [0.1, 0.15) is 39.5 Å². The molecule has 98 valence electrons. The number of carboxylic acids is 1. The first-order valence-electron chi connectivity index (χ1n) is 6.29. The molecule has 1 fully saturated rings. The van der Waals surface area contributed by atoms with Crippen molar-refractivity contribution in [2.24, 2.45) is 5.92 Å². The SMILES string of the molecule is CCC(CC)(NC(=O)CNCC1CC1)C(=O)O. The zero-order valence-electron chi connectivity index (χ0n) is 10.6. The molecule has 0 bridgehead atoms. The Hall–Kier alpha value is -1.10. The number of hydrogen-bond acceptors (Lipinski definition) is 3. The Morgan fingerprint density at radius 3 is 2.29 bits per heavy atom. The van der Waals surface area contributed by atoms with E-state index in [1.165, 1.54) is 12.8 Å². The van der Waals surface area contributed by atoms with Crippen LogP contribution in [0, 0.1) is 5.92 Å². The highest BCUT2D eigenvalue weighted by Crippen LogP contribution is 2.27. The molecule has 0 unspecified atom stereocenters. The Kier molecular flexibility index (Phi) is 4.93. The lowest BCUT2D eigenvalue weighted by atomic mass is 9.93. The molecule has 17 heavy (non-hydrogen) atoms. The summed E-state index contributed by atoms with van der Waals surface area (Å²) in [5.41, 5.74) is -1.11. The topological polar surface area (TPSA) is 78.4 Å². The van der Waals surface area contributed by atoms with E-state index in [0.717, 1.165) is 6.54 Å². The Morgan fingerprint density at radius 2 is 1.88 bits per heavy atom. The number of carbonyl (C=O) groups is 2. The average Bonchev–Trinajstić information content (AvgIpc) is 3.09. The molecular weight excluding hydrogens is 220 g/mol. The van der Waals surface area contributed by atoms with Gasteiger partial charge in [0.1, 0.15) is 5.54 Å². The molecule has 0 radical (unpaired) electrons. The van der Waals surface area contributed by atoms with Gasteiger partial charge >= 0.3 is 5.97 Å². The van der Waals surface area contributed by atoms with Crippen molar-refractivity contribution in [1.29, 1.82) is 0 Å². The van der Waals surface area contributed by atoms with Crippen LogP contribution in [0.15, 0.2) is 0 Å². The van der Waals surface area contributed by atoms with Gasteiger partial charge < -0.3 is 15.7 Å². The van der Waals surface area contributed by atoms with Gasteiger partial charge in [0.05, 0.1) is 6.54 Å². The molecule has 0 aromatic rings. The summed E-state index contributed by atoms with van der Waals surface area (Å²) in [6, 6.07) is 0. The molecule has 1 saturated carbocycles. The largest absolute Gasteiger partial charge is 0.480 e. The minimum Gasteiger partial charge on any atom is -0.480 e. The van der Waals surface area contributed by atoms with Gasteiger partial charge in [-0.3, -0.25) is 4.79 Å². The third kappa shape index (κ3) is 4.00. The van der Waals surface area contributed by atoms with Crippen molar-refractivity contribution < 1.29 is 14.7 Å². The van der Waals surface area contributed by atoms with Crippen LogP contribution >= 0.6 is 0 Å². The molecule has 3 N–H and O–H groups in total. The zero-order valence-corrected chi connectivity index (χ0v) is 10.6. The fourth-order valence-electron chi connectivity index (χ4n) is 1.81. The molecular formula is C12H22N2O3. The lowest BCUT2D eigenvalue weighted by molar-refractivity contribution is -0.148. The summed E-state index contributed by atoms with van der Waals surface area (Å²) in [5.74, 6) is -0.487. The zero-order chi connectivity index (χ0) is 12.9. The first kappa shape index (κ1) is 14.0. The minimum atomic E-state index is -1.11. The van der Waals surface area contributed by atoms with Gasteiger partial charge in [0.2, 0.25) is 5.91 Å². The molecule has 0 aromatic carbocycles. The summed E-state index contributed by atoms with van der Waals surface area (Å²) in [6.07, 6.45) is 3.26. The minimum absolute atomic E-state index is 0.200. The van der Waals surface area contributed by atoms with E-state index < -0.39 is 11.5 Å². The van der Waals surface area contributed by atoms with Crippen LogP contribution < -0.4 is 10.6 Å². The van der Waals surface area contributed by atoms with Crippen LogP contribution in [0.4, 0.5) is 0 Å². The quantitative estimate of drug-likeness (QED) is 0.587. The van der Waals surface area contributed by atoms with Gasteiger partial charge in [0.15, 0.2) is 0 Å². The van der Waals surface area contributed by atoms with E-state index in [1.54, 1.807) is 13.8 Å². The fourth-order valence-corrected chi connectivity index (χ4v) is 1.81. The van der Waals surface area contributed by atoms with E-state index in [-0.39, 0.29) is 12.5 Å². The van der Waals surface area contributed by atoms with E-state index in [0.29, 0.717) is 18.8 Å². The van der Waals surface area contributed by atoms with Gasteiger partial charge in [0.25, 0.3) is 0 Å². The molecule has 0 atom stereocenters. The van der Waals surface area contributed by atoms with Crippen LogP contribution in [0.5, 0.6) is 0 Å². The average molecular weight is 242 g/mol. The monoisotopic (exact) mass is 242 g/mol. The molecule has 0 heterocycles. The fraction of sp³-hybridized carbons (Fsp3) is 0.833. The van der Waals surface area contributed by atoms with Crippen molar-refractivity contribution in [2.45, 2.75) is 45.1 Å². The van der Waals surface area contributed by atoms with Crippen molar-refractivity contribution in [3.05, 3.63) is 0 Å². The number of hydrogen-bond donors (Lipinski definition) is 3. The van der Waals surface area contributed by atoms with Gasteiger partial charge in [-0.2, -0.15) is 0 Å². The predicted octanol–water partition coefficient (Wildman–Crippen LogP) is 0.746. The molecule has 1 rings (SSSR count).